The SMILES string of the molecule is CC(C)CC(NC(=O)C(Cc1c[nH]c2ccccc12)NC(=O)C(CC(C)C)NC(=O)C(N)CO)C(=O)O. The average Bonchev–Trinajstić information content (AvgIpc) is 3.24. The van der Waals surface area contributed by atoms with Gasteiger partial charge in [-0.1, -0.05) is 45.9 Å². The Hall–Kier alpha value is -3.44. The number of hydrogen-bond donors (Lipinski definition) is 7. The van der Waals surface area contributed by atoms with E-state index in [9.17, 15) is 29.4 Å². The summed E-state index contributed by atoms with van der Waals surface area (Å²) in [7, 11) is 0. The molecule has 2 aromatic rings. The molecule has 11 nitrogen and oxygen atoms in total. The standard InChI is InChI=1S/C26H39N5O6/c1-14(2)9-20(29-23(33)18(27)13-32)24(34)30-21(25(35)31-22(26(36)37)10-15(3)4)11-16-12-28-19-8-6-5-7-17(16)19/h5-8,12,14-15,18,20-22,28,32H,9-11,13,27H2,1-4H3,(H,29,33)(H,30,34)(H,31,35)(H,36,37). The maximum absolute atomic E-state index is 13.3. The molecule has 37 heavy (non-hydrogen) atoms. The zero-order valence-electron chi connectivity index (χ0n) is 21.8. The molecule has 0 aliphatic rings. The number of aliphatic hydroxyl groups is 1. The van der Waals surface area contributed by atoms with Crippen LogP contribution in [0.25, 0.3) is 10.9 Å². The van der Waals surface area contributed by atoms with Gasteiger partial charge in [0.15, 0.2) is 0 Å². The Morgan fingerprint density at radius 1 is 0.865 bits per heavy atom. The number of aromatic nitrogens is 1. The molecular formula is C26H39N5O6. The van der Waals surface area contributed by atoms with Crippen molar-refractivity contribution in [2.24, 2.45) is 17.6 Å². The van der Waals surface area contributed by atoms with Crippen molar-refractivity contribution in [3.63, 3.8) is 0 Å². The van der Waals surface area contributed by atoms with Gasteiger partial charge >= 0.3 is 5.97 Å². The summed E-state index contributed by atoms with van der Waals surface area (Å²) >= 11 is 0. The Morgan fingerprint density at radius 2 is 1.41 bits per heavy atom. The Morgan fingerprint density at radius 3 is 2.00 bits per heavy atom. The molecule has 0 bridgehead atoms. The molecule has 8 N–H and O–H groups in total. The van der Waals surface area contributed by atoms with Crippen LogP contribution in [0, 0.1) is 11.8 Å². The molecule has 4 unspecified atom stereocenters. The van der Waals surface area contributed by atoms with E-state index in [2.05, 4.69) is 20.9 Å². The third-order valence-electron chi connectivity index (χ3n) is 5.93. The van der Waals surface area contributed by atoms with Gasteiger partial charge in [-0.05, 0) is 36.3 Å². The van der Waals surface area contributed by atoms with Gasteiger partial charge in [-0.3, -0.25) is 14.4 Å². The second-order valence-electron chi connectivity index (χ2n) is 10.1. The van der Waals surface area contributed by atoms with Crippen molar-refractivity contribution >= 4 is 34.6 Å². The summed E-state index contributed by atoms with van der Waals surface area (Å²) in [5.41, 5.74) is 7.21. The molecule has 2 rings (SSSR count). The van der Waals surface area contributed by atoms with Gasteiger partial charge in [0.1, 0.15) is 24.2 Å². The number of fused-ring (bicyclic) bond motifs is 1. The number of carbonyl (C=O) groups excluding carboxylic acids is 3. The molecule has 0 saturated heterocycles. The molecule has 1 aromatic heterocycles. The largest absolute Gasteiger partial charge is 0.480 e. The van der Waals surface area contributed by atoms with E-state index in [0.717, 1.165) is 16.5 Å². The molecule has 0 fully saturated rings. The van der Waals surface area contributed by atoms with E-state index in [1.54, 1.807) is 6.20 Å². The Balaban J connectivity index is 2.33. The van der Waals surface area contributed by atoms with Gasteiger partial charge in [0.2, 0.25) is 17.7 Å². The lowest BCUT2D eigenvalue weighted by Gasteiger charge is -2.26. The number of carboxylic acids is 1. The zero-order chi connectivity index (χ0) is 27.7. The number of benzene rings is 1. The first-order valence-electron chi connectivity index (χ1n) is 12.5. The van der Waals surface area contributed by atoms with Crippen molar-refractivity contribution in [1.82, 2.24) is 20.9 Å². The van der Waals surface area contributed by atoms with Gasteiger partial charge in [-0.25, -0.2) is 4.79 Å². The van der Waals surface area contributed by atoms with E-state index in [4.69, 9.17) is 5.73 Å². The number of aliphatic hydroxyl groups excluding tert-OH is 1. The second kappa shape index (κ2) is 13.8. The number of para-hydroxylation sites is 1. The van der Waals surface area contributed by atoms with Crippen molar-refractivity contribution in [3.8, 4) is 0 Å². The number of H-pyrrole nitrogens is 1. The molecule has 0 spiro atoms. The highest BCUT2D eigenvalue weighted by molar-refractivity contribution is 5.94. The topological polar surface area (TPSA) is 187 Å². The second-order valence-corrected chi connectivity index (χ2v) is 10.1. The fraction of sp³-hybridized carbons (Fsp3) is 0.538. The van der Waals surface area contributed by atoms with Crippen molar-refractivity contribution < 1.29 is 29.4 Å². The fourth-order valence-corrected chi connectivity index (χ4v) is 4.03. The molecule has 0 radical (unpaired) electrons. The van der Waals surface area contributed by atoms with E-state index < -0.39 is 54.5 Å². The van der Waals surface area contributed by atoms with Crippen LogP contribution < -0.4 is 21.7 Å². The van der Waals surface area contributed by atoms with Crippen LogP contribution in [-0.4, -0.2) is 69.7 Å². The number of hydrogen-bond acceptors (Lipinski definition) is 6. The van der Waals surface area contributed by atoms with Gasteiger partial charge in [-0.15, -0.1) is 0 Å². The van der Waals surface area contributed by atoms with E-state index >= 15 is 0 Å². The molecule has 3 amide bonds. The molecule has 0 aliphatic heterocycles. The molecule has 1 heterocycles. The molecule has 204 valence electrons. The number of carboxylic acid groups (broad SMARTS) is 1. The van der Waals surface area contributed by atoms with Crippen molar-refractivity contribution in [2.75, 3.05) is 6.61 Å². The van der Waals surface area contributed by atoms with E-state index in [0.29, 0.717) is 0 Å². The molecule has 0 aliphatic carbocycles. The average molecular weight is 518 g/mol. The van der Waals surface area contributed by atoms with Crippen LogP contribution >= 0.6 is 0 Å². The Labute approximate surface area is 216 Å². The van der Waals surface area contributed by atoms with Crippen LogP contribution in [0.2, 0.25) is 0 Å². The lowest BCUT2D eigenvalue weighted by atomic mass is 9.99. The summed E-state index contributed by atoms with van der Waals surface area (Å²) in [6, 6.07) is 3.06. The highest BCUT2D eigenvalue weighted by Gasteiger charge is 2.31. The number of nitrogens with one attached hydrogen (secondary N) is 4. The smallest absolute Gasteiger partial charge is 0.326 e. The van der Waals surface area contributed by atoms with Gasteiger partial charge in [0.05, 0.1) is 6.61 Å². The lowest BCUT2D eigenvalue weighted by molar-refractivity contribution is -0.142. The molecule has 4 atom stereocenters. The van der Waals surface area contributed by atoms with Gasteiger partial charge in [0, 0.05) is 23.5 Å². The predicted octanol–water partition coefficient (Wildman–Crippen LogP) is 0.661. The van der Waals surface area contributed by atoms with Crippen LogP contribution in [0.4, 0.5) is 0 Å². The molecular weight excluding hydrogens is 478 g/mol. The van der Waals surface area contributed by atoms with Crippen molar-refractivity contribution in [2.45, 2.75) is 71.1 Å². The summed E-state index contributed by atoms with van der Waals surface area (Å²) in [6.07, 6.45) is 2.32. The van der Waals surface area contributed by atoms with Gasteiger partial charge < -0.3 is 36.9 Å². The maximum Gasteiger partial charge on any atom is 0.326 e. The maximum atomic E-state index is 13.3. The lowest BCUT2D eigenvalue weighted by Crippen LogP contribution is -2.58. The van der Waals surface area contributed by atoms with Crippen LogP contribution in [-0.2, 0) is 25.6 Å². The van der Waals surface area contributed by atoms with Gasteiger partial charge in [-0.2, -0.15) is 0 Å². The van der Waals surface area contributed by atoms with Gasteiger partial charge in [0.25, 0.3) is 0 Å². The normalized spacial score (nSPS) is 14.7. The number of aromatic amines is 1. The first-order chi connectivity index (χ1) is 17.4. The quantitative estimate of drug-likeness (QED) is 0.192. The summed E-state index contributed by atoms with van der Waals surface area (Å²) < 4.78 is 0. The number of aliphatic carboxylic acids is 1. The van der Waals surface area contributed by atoms with Crippen molar-refractivity contribution in [1.29, 1.82) is 0 Å². The Kier molecular flexibility index (Phi) is 11.1. The van der Waals surface area contributed by atoms with Crippen LogP contribution in [0.5, 0.6) is 0 Å². The third kappa shape index (κ3) is 8.87. The highest BCUT2D eigenvalue weighted by Crippen LogP contribution is 2.19. The van der Waals surface area contributed by atoms with Crippen LogP contribution in [0.15, 0.2) is 30.5 Å². The minimum atomic E-state index is -1.19. The number of amides is 3. The summed E-state index contributed by atoms with van der Waals surface area (Å²) in [4.78, 5) is 53.8. The summed E-state index contributed by atoms with van der Waals surface area (Å²) in [6.45, 7) is 6.86. The molecule has 0 saturated carbocycles. The Bertz CT molecular complexity index is 1080. The van der Waals surface area contributed by atoms with Crippen LogP contribution in [0.1, 0.15) is 46.1 Å². The molecule has 11 heteroatoms. The fourth-order valence-electron chi connectivity index (χ4n) is 4.03. The summed E-state index contributed by atoms with van der Waals surface area (Å²) in [5.74, 6) is -3.07. The predicted molar refractivity (Wildman–Crippen MR) is 139 cm³/mol. The van der Waals surface area contributed by atoms with Crippen molar-refractivity contribution in [3.05, 3.63) is 36.0 Å². The zero-order valence-corrected chi connectivity index (χ0v) is 21.8. The minimum Gasteiger partial charge on any atom is -0.480 e. The monoisotopic (exact) mass is 517 g/mol. The first-order valence-corrected chi connectivity index (χ1v) is 12.5. The number of rotatable bonds is 14. The summed E-state index contributed by atoms with van der Waals surface area (Å²) in [5, 5.41) is 27.5. The van der Waals surface area contributed by atoms with E-state index in [1.165, 1.54) is 0 Å². The molecule has 1 aromatic carbocycles. The van der Waals surface area contributed by atoms with Crippen LogP contribution in [0.3, 0.4) is 0 Å². The third-order valence-corrected chi connectivity index (χ3v) is 5.93. The number of carbonyl (C=O) groups is 4. The van der Waals surface area contributed by atoms with E-state index in [1.807, 2.05) is 52.0 Å². The number of nitrogens with two attached hydrogens (primary N) is 1. The van der Waals surface area contributed by atoms with E-state index in [-0.39, 0.29) is 31.1 Å². The first kappa shape index (κ1) is 29.8. The highest BCUT2D eigenvalue weighted by atomic mass is 16.4. The minimum absolute atomic E-state index is 0.0180.